The molecule has 15 heavy (non-hydrogen) atoms. The molecule has 0 atom stereocenters. The quantitative estimate of drug-likeness (QED) is 0.865. The van der Waals surface area contributed by atoms with E-state index in [1.807, 2.05) is 19.9 Å². The number of nitrogen functional groups attached to an aromatic ring is 1. The van der Waals surface area contributed by atoms with Gasteiger partial charge in [-0.1, -0.05) is 5.16 Å². The Morgan fingerprint density at radius 2 is 2.40 bits per heavy atom. The van der Waals surface area contributed by atoms with E-state index in [0.717, 1.165) is 15.5 Å². The normalized spacial score (nSPS) is 10.5. The Kier molecular flexibility index (Phi) is 2.59. The summed E-state index contributed by atoms with van der Waals surface area (Å²) in [7, 11) is 0. The highest BCUT2D eigenvalue weighted by atomic mass is 32.1. The van der Waals surface area contributed by atoms with Gasteiger partial charge < -0.3 is 15.0 Å². The summed E-state index contributed by atoms with van der Waals surface area (Å²) in [6, 6.07) is 2.02. The van der Waals surface area contributed by atoms with Gasteiger partial charge in [-0.05, 0) is 19.9 Å². The number of nitrogens with two attached hydrogens (primary N) is 1. The molecule has 0 saturated heterocycles. The van der Waals surface area contributed by atoms with Crippen LogP contribution in [0.15, 0.2) is 10.6 Å². The lowest BCUT2D eigenvalue weighted by atomic mass is 10.4. The fraction of sp³-hybridized carbons (Fsp3) is 0.333. The second-order valence-electron chi connectivity index (χ2n) is 2.94. The van der Waals surface area contributed by atoms with E-state index in [9.17, 15) is 0 Å². The zero-order chi connectivity index (χ0) is 10.8. The summed E-state index contributed by atoms with van der Waals surface area (Å²) in [6.07, 6.45) is 0. The SMILES string of the molecule is CCOc1cc(C)sc1-c1noc(N)n1. The van der Waals surface area contributed by atoms with Crippen molar-refractivity contribution in [2.24, 2.45) is 0 Å². The van der Waals surface area contributed by atoms with E-state index >= 15 is 0 Å². The average Bonchev–Trinajstić information content (AvgIpc) is 2.73. The second kappa shape index (κ2) is 3.90. The molecule has 2 heterocycles. The van der Waals surface area contributed by atoms with Crippen molar-refractivity contribution in [3.63, 3.8) is 0 Å². The molecule has 0 aromatic carbocycles. The molecule has 0 amide bonds. The van der Waals surface area contributed by atoms with Crippen LogP contribution in [0, 0.1) is 6.92 Å². The van der Waals surface area contributed by atoms with Crippen LogP contribution in [-0.2, 0) is 0 Å². The van der Waals surface area contributed by atoms with E-state index in [0.29, 0.717) is 12.4 Å². The fourth-order valence-corrected chi connectivity index (χ4v) is 2.12. The predicted molar refractivity (Wildman–Crippen MR) is 57.9 cm³/mol. The van der Waals surface area contributed by atoms with E-state index in [1.165, 1.54) is 0 Å². The molecule has 0 aliphatic heterocycles. The third-order valence-electron chi connectivity index (χ3n) is 1.77. The molecule has 5 nitrogen and oxygen atoms in total. The Morgan fingerprint density at radius 3 is 3.00 bits per heavy atom. The van der Waals surface area contributed by atoms with Crippen LogP contribution in [0.4, 0.5) is 6.01 Å². The van der Waals surface area contributed by atoms with Gasteiger partial charge in [-0.25, -0.2) is 0 Å². The minimum atomic E-state index is 0.0681. The summed E-state index contributed by atoms with van der Waals surface area (Å²) in [5, 5.41) is 3.76. The van der Waals surface area contributed by atoms with Crippen molar-refractivity contribution in [3.05, 3.63) is 10.9 Å². The standard InChI is InChI=1S/C9H11N3O2S/c1-3-13-6-4-5(2)15-7(6)8-11-9(10)14-12-8/h4H,3H2,1-2H3,(H2,10,11,12). The molecule has 0 fully saturated rings. The molecule has 0 saturated carbocycles. The lowest BCUT2D eigenvalue weighted by Crippen LogP contribution is -1.91. The van der Waals surface area contributed by atoms with Gasteiger partial charge in [0.05, 0.1) is 6.61 Å². The predicted octanol–water partition coefficient (Wildman–Crippen LogP) is 2.09. The number of ether oxygens (including phenoxy) is 1. The van der Waals surface area contributed by atoms with Gasteiger partial charge in [0.15, 0.2) is 0 Å². The first kappa shape index (κ1) is 9.97. The third-order valence-corrected chi connectivity index (χ3v) is 2.79. The molecule has 0 radical (unpaired) electrons. The summed E-state index contributed by atoms with van der Waals surface area (Å²) in [6.45, 7) is 4.54. The first-order valence-corrected chi connectivity index (χ1v) is 5.35. The molecule has 0 bridgehead atoms. The molecule has 0 unspecified atom stereocenters. The van der Waals surface area contributed by atoms with Gasteiger partial charge in [-0.15, -0.1) is 11.3 Å². The molecule has 80 valence electrons. The van der Waals surface area contributed by atoms with Crippen molar-refractivity contribution in [2.75, 3.05) is 12.3 Å². The van der Waals surface area contributed by atoms with Crippen LogP contribution in [0.5, 0.6) is 5.75 Å². The largest absolute Gasteiger partial charge is 0.492 e. The summed E-state index contributed by atoms with van der Waals surface area (Å²) in [5.74, 6) is 1.26. The lowest BCUT2D eigenvalue weighted by Gasteiger charge is -1.99. The Labute approximate surface area is 90.9 Å². The van der Waals surface area contributed by atoms with Crippen LogP contribution in [-0.4, -0.2) is 16.7 Å². The van der Waals surface area contributed by atoms with Gasteiger partial charge in [0.1, 0.15) is 10.6 Å². The van der Waals surface area contributed by atoms with E-state index in [2.05, 4.69) is 10.1 Å². The van der Waals surface area contributed by atoms with Crippen LogP contribution in [0.3, 0.4) is 0 Å². The number of aromatic nitrogens is 2. The van der Waals surface area contributed by atoms with Crippen LogP contribution in [0.2, 0.25) is 0 Å². The minimum absolute atomic E-state index is 0.0681. The molecule has 2 aromatic rings. The van der Waals surface area contributed by atoms with Crippen molar-refractivity contribution in [2.45, 2.75) is 13.8 Å². The molecular formula is C9H11N3O2S. The molecule has 6 heteroatoms. The average molecular weight is 225 g/mol. The maximum absolute atomic E-state index is 5.47. The Balaban J connectivity index is 2.42. The fourth-order valence-electron chi connectivity index (χ4n) is 1.24. The minimum Gasteiger partial charge on any atom is -0.492 e. The van der Waals surface area contributed by atoms with Gasteiger partial charge in [-0.3, -0.25) is 0 Å². The Hall–Kier alpha value is -1.56. The van der Waals surface area contributed by atoms with E-state index < -0.39 is 0 Å². The van der Waals surface area contributed by atoms with Crippen molar-refractivity contribution >= 4 is 17.4 Å². The third kappa shape index (κ3) is 1.94. The van der Waals surface area contributed by atoms with Crippen LogP contribution in [0.25, 0.3) is 10.7 Å². The maximum atomic E-state index is 5.47. The number of anilines is 1. The zero-order valence-electron chi connectivity index (χ0n) is 8.48. The molecule has 2 rings (SSSR count). The highest BCUT2D eigenvalue weighted by Crippen LogP contribution is 2.36. The Bertz CT molecular complexity index is 464. The summed E-state index contributed by atoms with van der Waals surface area (Å²) in [5.41, 5.74) is 5.37. The smallest absolute Gasteiger partial charge is 0.319 e. The molecular weight excluding hydrogens is 214 g/mol. The summed E-state index contributed by atoms with van der Waals surface area (Å²) >= 11 is 1.56. The van der Waals surface area contributed by atoms with Crippen molar-refractivity contribution < 1.29 is 9.26 Å². The van der Waals surface area contributed by atoms with Gasteiger partial charge in [0.2, 0.25) is 5.82 Å². The number of thiophene rings is 1. The number of hydrogen-bond acceptors (Lipinski definition) is 6. The van der Waals surface area contributed by atoms with Crippen molar-refractivity contribution in [1.29, 1.82) is 0 Å². The van der Waals surface area contributed by atoms with Gasteiger partial charge in [0, 0.05) is 4.88 Å². The van der Waals surface area contributed by atoms with Gasteiger partial charge in [0.25, 0.3) is 0 Å². The van der Waals surface area contributed by atoms with E-state index in [1.54, 1.807) is 11.3 Å². The highest BCUT2D eigenvalue weighted by Gasteiger charge is 2.15. The topological polar surface area (TPSA) is 74.2 Å². The van der Waals surface area contributed by atoms with Crippen LogP contribution >= 0.6 is 11.3 Å². The molecule has 0 aliphatic carbocycles. The van der Waals surface area contributed by atoms with E-state index in [-0.39, 0.29) is 6.01 Å². The summed E-state index contributed by atoms with van der Waals surface area (Å²) in [4.78, 5) is 5.96. The number of hydrogen-bond donors (Lipinski definition) is 1. The first-order valence-electron chi connectivity index (χ1n) is 4.53. The lowest BCUT2D eigenvalue weighted by molar-refractivity contribution is 0.342. The summed E-state index contributed by atoms with van der Waals surface area (Å²) < 4.78 is 10.2. The zero-order valence-corrected chi connectivity index (χ0v) is 9.30. The highest BCUT2D eigenvalue weighted by molar-refractivity contribution is 7.15. The number of rotatable bonds is 3. The van der Waals surface area contributed by atoms with Crippen molar-refractivity contribution in [1.82, 2.24) is 10.1 Å². The molecule has 0 aliphatic rings. The van der Waals surface area contributed by atoms with Gasteiger partial charge >= 0.3 is 6.01 Å². The maximum Gasteiger partial charge on any atom is 0.319 e. The van der Waals surface area contributed by atoms with Crippen molar-refractivity contribution in [3.8, 4) is 16.5 Å². The molecule has 2 N–H and O–H groups in total. The molecule has 0 spiro atoms. The van der Waals surface area contributed by atoms with E-state index in [4.69, 9.17) is 15.0 Å². The second-order valence-corrected chi connectivity index (χ2v) is 4.20. The number of nitrogens with zero attached hydrogens (tertiary/aromatic N) is 2. The molecule has 2 aromatic heterocycles. The van der Waals surface area contributed by atoms with Crippen LogP contribution < -0.4 is 10.5 Å². The Morgan fingerprint density at radius 1 is 1.60 bits per heavy atom. The van der Waals surface area contributed by atoms with Gasteiger partial charge in [-0.2, -0.15) is 4.98 Å². The monoisotopic (exact) mass is 225 g/mol. The number of aryl methyl sites for hydroxylation is 1. The first-order chi connectivity index (χ1) is 7.20. The van der Waals surface area contributed by atoms with Crippen LogP contribution in [0.1, 0.15) is 11.8 Å².